The molecule has 0 saturated carbocycles. The number of pyridine rings is 1. The van der Waals surface area contributed by atoms with Gasteiger partial charge in [-0.25, -0.2) is 14.8 Å². The van der Waals surface area contributed by atoms with Gasteiger partial charge in [0.1, 0.15) is 29.8 Å². The van der Waals surface area contributed by atoms with Crippen molar-refractivity contribution in [3.63, 3.8) is 0 Å². The molecule has 0 saturated heterocycles. The van der Waals surface area contributed by atoms with Crippen LogP contribution in [0, 0.1) is 0 Å². The summed E-state index contributed by atoms with van der Waals surface area (Å²) in [6, 6.07) is 22.2. The van der Waals surface area contributed by atoms with E-state index in [1.165, 1.54) is 6.20 Å². The van der Waals surface area contributed by atoms with E-state index in [-0.39, 0.29) is 31.0 Å². The van der Waals surface area contributed by atoms with E-state index in [0.29, 0.717) is 17.9 Å². The monoisotopic (exact) mass is 641 g/mol. The number of ketones is 1. The minimum Gasteiger partial charge on any atom is -0.478 e. The summed E-state index contributed by atoms with van der Waals surface area (Å²) < 4.78 is 11.9. The third kappa shape index (κ3) is 10.6. The van der Waals surface area contributed by atoms with Crippen LogP contribution in [0.4, 0.5) is 10.5 Å². The second-order valence-corrected chi connectivity index (χ2v) is 11.8. The summed E-state index contributed by atoms with van der Waals surface area (Å²) in [5, 5.41) is 16.3. The van der Waals surface area contributed by atoms with Gasteiger partial charge < -0.3 is 19.9 Å². The van der Waals surface area contributed by atoms with E-state index in [1.807, 2.05) is 30.3 Å². The first-order valence-electron chi connectivity index (χ1n) is 15.2. The molecule has 12 heteroatoms. The number of rotatable bonds is 14. The Bertz CT molecular complexity index is 1690. The number of aliphatic hydroxyl groups excluding tert-OH is 1. The molecule has 0 aliphatic rings. The number of anilines is 1. The zero-order valence-electron chi connectivity index (χ0n) is 26.6. The maximum absolute atomic E-state index is 13.6. The highest BCUT2D eigenvalue weighted by Crippen LogP contribution is 2.17. The predicted octanol–water partition coefficient (Wildman–Crippen LogP) is 4.17. The highest BCUT2D eigenvalue weighted by molar-refractivity contribution is 5.86. The van der Waals surface area contributed by atoms with E-state index >= 15 is 0 Å². The van der Waals surface area contributed by atoms with Crippen LogP contribution in [0.3, 0.4) is 0 Å². The summed E-state index contributed by atoms with van der Waals surface area (Å²) in [4.78, 5) is 61.1. The number of ether oxygens (including phenoxy) is 2. The number of Topliss-reactive ketones (excluding diaryl/α,β-unsaturated/α-hetero) is 1. The van der Waals surface area contributed by atoms with Crippen molar-refractivity contribution < 1.29 is 29.0 Å². The van der Waals surface area contributed by atoms with Crippen molar-refractivity contribution in [1.82, 2.24) is 19.9 Å². The van der Waals surface area contributed by atoms with E-state index in [1.54, 1.807) is 75.5 Å². The van der Waals surface area contributed by atoms with E-state index in [4.69, 9.17) is 9.47 Å². The maximum atomic E-state index is 13.6. The van der Waals surface area contributed by atoms with Gasteiger partial charge in [-0.3, -0.25) is 24.3 Å². The smallest absolute Gasteiger partial charge is 0.412 e. The molecule has 4 rings (SSSR count). The second-order valence-electron chi connectivity index (χ2n) is 11.8. The van der Waals surface area contributed by atoms with Gasteiger partial charge in [0.15, 0.2) is 5.78 Å². The number of nitrogens with one attached hydrogen (secondary N) is 2. The zero-order chi connectivity index (χ0) is 33.8. The lowest BCUT2D eigenvalue weighted by Crippen LogP contribution is -2.49. The molecule has 3 N–H and O–H groups in total. The van der Waals surface area contributed by atoms with Gasteiger partial charge in [0.25, 0.3) is 5.56 Å². The first-order chi connectivity index (χ1) is 22.5. The quantitative estimate of drug-likeness (QED) is 0.172. The molecule has 2 atom stereocenters. The molecule has 0 aliphatic carbocycles. The van der Waals surface area contributed by atoms with Crippen molar-refractivity contribution in [3.05, 3.63) is 107 Å². The average Bonchev–Trinajstić information content (AvgIpc) is 3.05. The van der Waals surface area contributed by atoms with Crippen LogP contribution in [0.25, 0.3) is 11.4 Å². The normalized spacial score (nSPS) is 12.4. The van der Waals surface area contributed by atoms with Crippen LogP contribution in [0.5, 0.6) is 5.88 Å². The first kappa shape index (κ1) is 34.5. The van der Waals surface area contributed by atoms with Gasteiger partial charge in [0, 0.05) is 24.2 Å². The molecule has 2 heterocycles. The average molecular weight is 642 g/mol. The summed E-state index contributed by atoms with van der Waals surface area (Å²) in [5.74, 6) is -0.501. The van der Waals surface area contributed by atoms with Gasteiger partial charge in [-0.2, -0.15) is 0 Å². The molecule has 12 nitrogen and oxygen atoms in total. The number of hydrogen-bond donors (Lipinski definition) is 3. The van der Waals surface area contributed by atoms with Crippen molar-refractivity contribution in [2.24, 2.45) is 0 Å². The Morgan fingerprint density at radius 1 is 0.936 bits per heavy atom. The number of aromatic nitrogens is 3. The van der Waals surface area contributed by atoms with Gasteiger partial charge in [0.2, 0.25) is 11.8 Å². The van der Waals surface area contributed by atoms with Crippen LogP contribution in [-0.2, 0) is 27.3 Å². The molecular formula is C35H39N5O7. The van der Waals surface area contributed by atoms with E-state index in [0.717, 1.165) is 10.1 Å². The Hall–Kier alpha value is -5.36. The fourth-order valence-electron chi connectivity index (χ4n) is 4.69. The highest BCUT2D eigenvalue weighted by Gasteiger charge is 2.28. The largest absolute Gasteiger partial charge is 0.478 e. The maximum Gasteiger partial charge on any atom is 0.412 e. The highest BCUT2D eigenvalue weighted by atomic mass is 16.6. The van der Waals surface area contributed by atoms with Crippen molar-refractivity contribution >= 4 is 23.5 Å². The van der Waals surface area contributed by atoms with Crippen LogP contribution in [0.2, 0.25) is 0 Å². The van der Waals surface area contributed by atoms with E-state index in [2.05, 4.69) is 20.6 Å². The molecule has 0 bridgehead atoms. The number of aliphatic hydroxyl groups is 1. The Balaban J connectivity index is 1.53. The van der Waals surface area contributed by atoms with Gasteiger partial charge in [-0.1, -0.05) is 66.7 Å². The second kappa shape index (κ2) is 16.3. The number of carbonyl (C=O) groups excluding carboxylic acids is 3. The SMILES string of the molecule is CC(C)(C)OC(=O)Nc1cnc(-c2ccccc2)n(CC(=O)N[C@@H](Cc2ccccc2)[C@@H](O)C(=O)CCCOc2ccccn2)c1=O. The van der Waals surface area contributed by atoms with Crippen LogP contribution >= 0.6 is 0 Å². The molecule has 246 valence electrons. The van der Waals surface area contributed by atoms with E-state index < -0.39 is 47.6 Å². The van der Waals surface area contributed by atoms with Crippen LogP contribution in [-0.4, -0.2) is 61.8 Å². The first-order valence-corrected chi connectivity index (χ1v) is 15.2. The fourth-order valence-corrected chi connectivity index (χ4v) is 4.69. The minimum atomic E-state index is -1.53. The van der Waals surface area contributed by atoms with Gasteiger partial charge >= 0.3 is 6.09 Å². The molecule has 4 aromatic rings. The number of nitrogens with zero attached hydrogens (tertiary/aromatic N) is 3. The Labute approximate surface area is 272 Å². The predicted molar refractivity (Wildman–Crippen MR) is 176 cm³/mol. The van der Waals surface area contributed by atoms with Gasteiger partial charge in [-0.15, -0.1) is 0 Å². The molecule has 2 amide bonds. The molecule has 0 unspecified atom stereocenters. The molecule has 0 radical (unpaired) electrons. The third-order valence-electron chi connectivity index (χ3n) is 6.83. The lowest BCUT2D eigenvalue weighted by atomic mass is 9.96. The Morgan fingerprint density at radius 3 is 2.28 bits per heavy atom. The van der Waals surface area contributed by atoms with Crippen molar-refractivity contribution in [3.8, 4) is 17.3 Å². The summed E-state index contributed by atoms with van der Waals surface area (Å²) >= 11 is 0. The van der Waals surface area contributed by atoms with Crippen LogP contribution in [0.15, 0.2) is 96.1 Å². The standard InChI is InChI=1S/C35H39N5O7/c1-35(2,3)47-34(45)39-27-22-37-32(25-15-8-5-9-16-25)40(33(27)44)23-29(42)38-26(21-24-13-6-4-7-14-24)31(43)28(41)17-12-20-46-30-18-10-11-19-36-30/h4-11,13-16,18-19,22,26,31,43H,12,17,20-21,23H2,1-3H3,(H,38,42)(H,39,45)/t26-,31+/m0/s1. The van der Waals surface area contributed by atoms with Crippen molar-refractivity contribution in [2.45, 2.75) is 64.3 Å². The number of carbonyl (C=O) groups is 3. The van der Waals surface area contributed by atoms with Crippen molar-refractivity contribution in [2.75, 3.05) is 11.9 Å². The Kier molecular flexibility index (Phi) is 12.0. The zero-order valence-corrected chi connectivity index (χ0v) is 26.6. The lowest BCUT2D eigenvalue weighted by molar-refractivity contribution is -0.130. The Morgan fingerprint density at radius 2 is 1.62 bits per heavy atom. The summed E-state index contributed by atoms with van der Waals surface area (Å²) in [7, 11) is 0. The molecule has 0 spiro atoms. The summed E-state index contributed by atoms with van der Waals surface area (Å²) in [5.41, 5.74) is -0.334. The number of amides is 2. The van der Waals surface area contributed by atoms with Crippen molar-refractivity contribution in [1.29, 1.82) is 0 Å². The fraction of sp³-hybridized carbons (Fsp3) is 0.314. The number of benzene rings is 2. The lowest BCUT2D eigenvalue weighted by Gasteiger charge is -2.24. The van der Waals surface area contributed by atoms with Crippen LogP contribution in [0.1, 0.15) is 39.2 Å². The topological polar surface area (TPSA) is 162 Å². The molecule has 47 heavy (non-hydrogen) atoms. The van der Waals surface area contributed by atoms with Gasteiger partial charge in [-0.05, 0) is 45.2 Å². The molecule has 2 aromatic heterocycles. The minimum absolute atomic E-state index is 0.00900. The number of hydrogen-bond acceptors (Lipinski definition) is 9. The summed E-state index contributed by atoms with van der Waals surface area (Å²) in [6.07, 6.45) is 0.922. The van der Waals surface area contributed by atoms with Gasteiger partial charge in [0.05, 0.1) is 18.8 Å². The van der Waals surface area contributed by atoms with Crippen LogP contribution < -0.4 is 20.9 Å². The summed E-state index contributed by atoms with van der Waals surface area (Å²) in [6.45, 7) is 4.77. The molecule has 0 fully saturated rings. The van der Waals surface area contributed by atoms with E-state index in [9.17, 15) is 24.3 Å². The third-order valence-corrected chi connectivity index (χ3v) is 6.83. The molecule has 0 aliphatic heterocycles. The molecule has 2 aromatic carbocycles. The molecular weight excluding hydrogens is 602 g/mol.